The van der Waals surface area contributed by atoms with E-state index in [0.717, 1.165) is 139 Å². The van der Waals surface area contributed by atoms with Crippen LogP contribution < -0.4 is 14.7 Å². The zero-order chi connectivity index (χ0) is 92.4. The highest BCUT2D eigenvalue weighted by molar-refractivity contribution is 6.11. The van der Waals surface area contributed by atoms with E-state index in [2.05, 4.69) is 510 Å². The van der Waals surface area contributed by atoms with Crippen molar-refractivity contribution in [3.05, 3.63) is 526 Å². The maximum atomic E-state index is 6.38. The van der Waals surface area contributed by atoms with Crippen molar-refractivity contribution in [3.8, 4) is 100 Å². The summed E-state index contributed by atoms with van der Waals surface area (Å²) < 4.78 is 18.6. The Bertz CT molecular complexity index is 8670. The minimum absolute atomic E-state index is 0.0606. The quantitative estimate of drug-likeness (QED) is 0.0961. The average Bonchev–Trinajstić information content (AvgIpc) is 1.58. The van der Waals surface area contributed by atoms with E-state index in [4.69, 9.17) is 13.3 Å². The third-order valence-electron chi connectivity index (χ3n) is 28.0. The molecule has 0 spiro atoms. The second-order valence-electron chi connectivity index (χ2n) is 37.0. The fourth-order valence-corrected chi connectivity index (χ4v) is 21.0. The van der Waals surface area contributed by atoms with Crippen LogP contribution in [0.1, 0.15) is 49.9 Å². The van der Waals surface area contributed by atoms with E-state index in [1.54, 1.807) is 0 Å². The summed E-state index contributed by atoms with van der Waals surface area (Å²) >= 11 is 0. The molecule has 0 saturated carbocycles. The third kappa shape index (κ3) is 15.4. The number of rotatable bonds is 16. The summed E-state index contributed by atoms with van der Waals surface area (Å²) in [7, 11) is 0. The summed E-state index contributed by atoms with van der Waals surface area (Å²) in [6.45, 7) is 9.36. The molecule has 0 unspecified atom stereocenters. The summed E-state index contributed by atoms with van der Waals surface area (Å²) in [5.41, 5.74) is 42.7. The normalized spacial score (nSPS) is 12.5. The van der Waals surface area contributed by atoms with E-state index in [1.807, 2.05) is 36.4 Å². The van der Waals surface area contributed by atoms with E-state index >= 15 is 0 Å². The van der Waals surface area contributed by atoms with E-state index in [1.165, 1.54) is 100 Å². The van der Waals surface area contributed by atoms with Gasteiger partial charge in [-0.1, -0.05) is 380 Å². The van der Waals surface area contributed by atoms with Crippen LogP contribution in [0.4, 0.5) is 51.2 Å². The van der Waals surface area contributed by atoms with Crippen LogP contribution in [-0.2, 0) is 10.8 Å². The lowest BCUT2D eigenvalue weighted by atomic mass is 9.82. The van der Waals surface area contributed by atoms with Gasteiger partial charge in [0.1, 0.15) is 33.5 Å². The smallest absolute Gasteiger partial charge is 0.143 e. The Labute approximate surface area is 803 Å². The Morgan fingerprint density at radius 1 is 0.145 bits per heavy atom. The van der Waals surface area contributed by atoms with E-state index < -0.39 is 0 Å². The zero-order valence-electron chi connectivity index (χ0n) is 77.0. The fourth-order valence-electron chi connectivity index (χ4n) is 21.0. The molecule has 656 valence electrons. The van der Waals surface area contributed by atoms with Crippen LogP contribution in [0.3, 0.4) is 0 Å². The SMILES string of the molecule is CC1(C)c2ccccc2-c2ccc(N(c3ccc(-c4ccccc4)cc3)c3cccc(-c4ccc5oc6ccccc6c5c4)c3)cc21.CC1(C)c2ccccc2-c2ccc(N(c3ccccc3)c3cccc(-c4ccc5oc6ccccc6c5c4)c3)cc21.c1ccc(-c2ccc(-c3ccc(N(c4ccc(-c5cccc6c5oc5ccccc56)cc4)c4cccc(-c5ccccc5)c4)cc3)cc2)cc1. The molecule has 138 heavy (non-hydrogen) atoms. The molecular formula is C132H95N3O3. The van der Waals surface area contributed by atoms with Crippen molar-refractivity contribution >= 4 is 117 Å². The second kappa shape index (κ2) is 35.1. The van der Waals surface area contributed by atoms with Crippen molar-refractivity contribution in [3.63, 3.8) is 0 Å². The number of para-hydroxylation sites is 5. The van der Waals surface area contributed by atoms with E-state index in [0.29, 0.717) is 0 Å². The molecule has 0 radical (unpaired) electrons. The Balaban J connectivity index is 0.000000113. The highest BCUT2D eigenvalue weighted by Crippen LogP contribution is 2.54. The van der Waals surface area contributed by atoms with Crippen LogP contribution in [0.25, 0.3) is 166 Å². The molecule has 2 aliphatic rings. The summed E-state index contributed by atoms with van der Waals surface area (Å²) in [6, 6.07) is 180. The predicted molar refractivity (Wildman–Crippen MR) is 578 cm³/mol. The van der Waals surface area contributed by atoms with Crippen molar-refractivity contribution in [1.82, 2.24) is 0 Å². The number of nitrogens with zero attached hydrogens (tertiary/aromatic N) is 3. The van der Waals surface area contributed by atoms with Gasteiger partial charge in [0.05, 0.1) is 0 Å². The van der Waals surface area contributed by atoms with Crippen LogP contribution in [-0.4, -0.2) is 0 Å². The van der Waals surface area contributed by atoms with Crippen LogP contribution in [0.2, 0.25) is 0 Å². The van der Waals surface area contributed by atoms with Gasteiger partial charge in [-0.3, -0.25) is 0 Å². The largest absolute Gasteiger partial charge is 0.456 e. The molecule has 6 nitrogen and oxygen atoms in total. The molecule has 3 heterocycles. The van der Waals surface area contributed by atoms with Crippen molar-refractivity contribution in [2.24, 2.45) is 0 Å². The molecule has 0 saturated heterocycles. The van der Waals surface area contributed by atoms with Gasteiger partial charge in [0, 0.05) is 99.9 Å². The fraction of sp³-hybridized carbons (Fsp3) is 0.0455. The first-order chi connectivity index (χ1) is 67.9. The highest BCUT2D eigenvalue weighted by atomic mass is 16.3. The molecule has 2 aliphatic carbocycles. The maximum Gasteiger partial charge on any atom is 0.143 e. The minimum Gasteiger partial charge on any atom is -0.456 e. The molecule has 0 fully saturated rings. The van der Waals surface area contributed by atoms with Crippen LogP contribution in [0.5, 0.6) is 0 Å². The van der Waals surface area contributed by atoms with Crippen molar-refractivity contribution in [2.45, 2.75) is 38.5 Å². The third-order valence-corrected chi connectivity index (χ3v) is 28.0. The maximum absolute atomic E-state index is 6.38. The molecule has 26 rings (SSSR count). The average molecular weight is 1770 g/mol. The molecule has 0 atom stereocenters. The van der Waals surface area contributed by atoms with Gasteiger partial charge in [-0.05, 0) is 268 Å². The van der Waals surface area contributed by atoms with E-state index in [-0.39, 0.29) is 10.8 Å². The summed E-state index contributed by atoms with van der Waals surface area (Å²) in [5, 5.41) is 6.84. The van der Waals surface area contributed by atoms with Crippen molar-refractivity contribution in [1.29, 1.82) is 0 Å². The molecule has 21 aromatic carbocycles. The molecule has 6 heteroatoms. The molecule has 0 amide bonds. The summed E-state index contributed by atoms with van der Waals surface area (Å²) in [6.07, 6.45) is 0. The molecule has 0 bridgehead atoms. The zero-order valence-corrected chi connectivity index (χ0v) is 77.0. The molecule has 24 aromatic rings. The summed E-state index contributed by atoms with van der Waals surface area (Å²) in [4.78, 5) is 7.10. The number of furan rings is 3. The van der Waals surface area contributed by atoms with Gasteiger partial charge in [0.2, 0.25) is 0 Å². The highest BCUT2D eigenvalue weighted by Gasteiger charge is 2.38. The minimum atomic E-state index is -0.0879. The van der Waals surface area contributed by atoms with Gasteiger partial charge in [-0.15, -0.1) is 0 Å². The number of hydrogen-bond donors (Lipinski definition) is 0. The first kappa shape index (κ1) is 83.5. The number of anilines is 9. The Morgan fingerprint density at radius 3 is 0.819 bits per heavy atom. The van der Waals surface area contributed by atoms with Gasteiger partial charge in [-0.25, -0.2) is 0 Å². The lowest BCUT2D eigenvalue weighted by molar-refractivity contribution is 0.660. The number of benzene rings is 21. The van der Waals surface area contributed by atoms with Crippen molar-refractivity contribution < 1.29 is 13.3 Å². The summed E-state index contributed by atoms with van der Waals surface area (Å²) in [5.74, 6) is 0. The Hall–Kier alpha value is -17.6. The van der Waals surface area contributed by atoms with Gasteiger partial charge in [0.15, 0.2) is 0 Å². The second-order valence-corrected chi connectivity index (χ2v) is 37.0. The Morgan fingerprint density at radius 2 is 0.391 bits per heavy atom. The first-order valence-electron chi connectivity index (χ1n) is 47.5. The monoisotopic (exact) mass is 1770 g/mol. The van der Waals surface area contributed by atoms with Gasteiger partial charge < -0.3 is 28.0 Å². The van der Waals surface area contributed by atoms with Gasteiger partial charge >= 0.3 is 0 Å². The van der Waals surface area contributed by atoms with Crippen LogP contribution in [0, 0.1) is 0 Å². The van der Waals surface area contributed by atoms with E-state index in [9.17, 15) is 0 Å². The van der Waals surface area contributed by atoms with Crippen LogP contribution >= 0.6 is 0 Å². The molecule has 0 N–H and O–H groups in total. The lowest BCUT2D eigenvalue weighted by Gasteiger charge is -2.28. The van der Waals surface area contributed by atoms with Gasteiger partial charge in [-0.2, -0.15) is 0 Å². The topological polar surface area (TPSA) is 49.1 Å². The van der Waals surface area contributed by atoms with Crippen molar-refractivity contribution in [2.75, 3.05) is 14.7 Å². The lowest BCUT2D eigenvalue weighted by Crippen LogP contribution is -2.16. The molecule has 3 aromatic heterocycles. The number of hydrogen-bond acceptors (Lipinski definition) is 6. The van der Waals surface area contributed by atoms with Gasteiger partial charge in [0.25, 0.3) is 0 Å². The predicted octanol–water partition coefficient (Wildman–Crippen LogP) is 37.4. The molecule has 0 aliphatic heterocycles. The standard InChI is InChI=1S/C48H33NO.C45H33NO.C39H29NO/c1-3-11-34(12-4-1)36-21-23-37(24-22-36)38-25-29-41(30-26-38)49(43-16-9-15-40(33-43)35-13-5-2-6-14-35)42-31-27-39(28-32-42)44-18-10-19-46-45-17-7-8-20-47(45)50-48(44)46;1-45(2)41-17-8-6-15-37(41)38-25-24-36(29-42(38)45)46(34-22-19-31(20-23-34)30-11-4-3-5-12-30)35-14-10-13-32(27-35)33-21-26-44-40(28-33)39-16-7-9-18-43(39)47-44;1-39(2)35-17-8-6-15-31(35)32-21-20-30(25-36(32)39)40(28-12-4-3-5-13-28)29-14-10-11-26(23-29)27-19-22-38-34(24-27)33-16-7-9-18-37(33)41-38/h1-33H;3-29H,1-2H3;3-25H,1-2H3. The molecular weight excluding hydrogens is 1680 g/mol. The Kier molecular flexibility index (Phi) is 21.2. The van der Waals surface area contributed by atoms with Crippen LogP contribution in [0.15, 0.2) is 517 Å². The first-order valence-corrected chi connectivity index (χ1v) is 47.5. The number of fused-ring (bicyclic) bond motifs is 15.